The Kier molecular flexibility index (Phi) is 3.85. The monoisotopic (exact) mass is 276 g/mol. The van der Waals surface area contributed by atoms with Crippen molar-refractivity contribution in [3.05, 3.63) is 90.1 Å². The van der Waals surface area contributed by atoms with E-state index in [2.05, 4.69) is 0 Å². The zero-order valence-corrected chi connectivity index (χ0v) is 11.3. The van der Waals surface area contributed by atoms with E-state index in [-0.39, 0.29) is 0 Å². The van der Waals surface area contributed by atoms with E-state index in [0.29, 0.717) is 16.7 Å². The summed E-state index contributed by atoms with van der Waals surface area (Å²) in [5, 5.41) is 12.9. The maximum atomic E-state index is 12.3. The fourth-order valence-corrected chi connectivity index (χ4v) is 2.12. The molecule has 3 aromatic carbocycles. The van der Waals surface area contributed by atoms with E-state index in [0.717, 1.165) is 11.1 Å². The fraction of sp³-hybridized carbons (Fsp3) is 0. The van der Waals surface area contributed by atoms with Crippen LogP contribution < -0.4 is 10.1 Å². The molecule has 0 radical (unpaired) electrons. The molecule has 0 atom stereocenters. The van der Waals surface area contributed by atoms with Gasteiger partial charge in [-0.05, 0) is 23.8 Å². The summed E-state index contributed by atoms with van der Waals surface area (Å²) in [7, 11) is 0. The molecule has 0 N–H and O–H groups in total. The van der Waals surface area contributed by atoms with Crippen molar-refractivity contribution in [3.8, 4) is 16.9 Å². The van der Waals surface area contributed by atoms with E-state index < -0.39 is 0 Å². The number of hydrogen-bond donors (Lipinski definition) is 0. The molecule has 3 rings (SSSR count). The zero-order chi connectivity index (χ0) is 14.5. The summed E-state index contributed by atoms with van der Waals surface area (Å²) in [5.74, 6) is 0.510. The highest BCUT2D eigenvalue weighted by molar-refractivity contribution is 5.78. The average molecular weight is 276 g/mol. The van der Waals surface area contributed by atoms with Gasteiger partial charge < -0.3 is 10.0 Å². The van der Waals surface area contributed by atoms with Crippen LogP contribution in [0.15, 0.2) is 84.9 Å². The van der Waals surface area contributed by atoms with Crippen molar-refractivity contribution < 1.29 is 4.84 Å². The largest absolute Gasteiger partial charge is 0.724 e. The summed E-state index contributed by atoms with van der Waals surface area (Å²) in [5.41, 5.74) is 2.29. The molecule has 3 nitrogen and oxygen atoms in total. The average Bonchev–Trinajstić information content (AvgIpc) is 2.56. The topological polar surface area (TPSA) is 35.5 Å². The van der Waals surface area contributed by atoms with Crippen LogP contribution in [0.3, 0.4) is 0 Å². The summed E-state index contributed by atoms with van der Waals surface area (Å²) < 4.78 is 0. The molecule has 0 aliphatic carbocycles. The predicted octanol–water partition coefficient (Wildman–Crippen LogP) is 4.65. The SMILES string of the molecule is [O-]N(Oc1ccccc1)c1ccccc1-c1ccccc1. The first kappa shape index (κ1) is 13.2. The van der Waals surface area contributed by atoms with Gasteiger partial charge in [-0.25, -0.2) is 0 Å². The van der Waals surface area contributed by atoms with Crippen molar-refractivity contribution >= 4 is 5.69 Å². The summed E-state index contributed by atoms with van der Waals surface area (Å²) >= 11 is 0. The smallest absolute Gasteiger partial charge is 0.154 e. The van der Waals surface area contributed by atoms with Gasteiger partial charge in [-0.1, -0.05) is 66.7 Å². The predicted molar refractivity (Wildman–Crippen MR) is 84.8 cm³/mol. The molecule has 0 bridgehead atoms. The fourth-order valence-electron chi connectivity index (χ4n) is 2.12. The van der Waals surface area contributed by atoms with E-state index in [1.165, 1.54) is 0 Å². The van der Waals surface area contributed by atoms with Gasteiger partial charge in [-0.2, -0.15) is 0 Å². The van der Waals surface area contributed by atoms with Crippen LogP contribution in [0.25, 0.3) is 11.1 Å². The number of hydrogen-bond acceptors (Lipinski definition) is 3. The van der Waals surface area contributed by atoms with Gasteiger partial charge in [0.1, 0.15) is 0 Å². The molecule has 0 aliphatic heterocycles. The normalized spacial score (nSPS) is 10.1. The number of anilines is 1. The third-order valence-electron chi connectivity index (χ3n) is 3.12. The first-order valence-corrected chi connectivity index (χ1v) is 6.69. The maximum Gasteiger partial charge on any atom is 0.154 e. The van der Waals surface area contributed by atoms with E-state index in [4.69, 9.17) is 4.84 Å². The summed E-state index contributed by atoms with van der Waals surface area (Å²) in [4.78, 5) is 5.34. The van der Waals surface area contributed by atoms with Crippen molar-refractivity contribution in [2.75, 3.05) is 5.23 Å². The van der Waals surface area contributed by atoms with E-state index >= 15 is 0 Å². The molecular weight excluding hydrogens is 262 g/mol. The molecule has 0 saturated heterocycles. The first-order valence-electron chi connectivity index (χ1n) is 6.69. The van der Waals surface area contributed by atoms with E-state index in [1.807, 2.05) is 66.7 Å². The Labute approximate surface area is 123 Å². The van der Waals surface area contributed by atoms with Crippen LogP contribution in [0, 0.1) is 5.21 Å². The van der Waals surface area contributed by atoms with E-state index in [9.17, 15) is 5.21 Å². The summed E-state index contributed by atoms with van der Waals surface area (Å²) in [6.07, 6.45) is 0. The lowest BCUT2D eigenvalue weighted by Crippen LogP contribution is -2.20. The van der Waals surface area contributed by atoms with Gasteiger partial charge in [-0.15, -0.1) is 0 Å². The Balaban J connectivity index is 1.92. The summed E-state index contributed by atoms with van der Waals surface area (Å²) in [6, 6.07) is 26.2. The minimum Gasteiger partial charge on any atom is -0.724 e. The molecule has 0 aromatic heterocycles. The van der Waals surface area contributed by atoms with Crippen LogP contribution in [0.2, 0.25) is 0 Å². The third-order valence-corrected chi connectivity index (χ3v) is 3.12. The van der Waals surface area contributed by atoms with Gasteiger partial charge in [0.15, 0.2) is 5.75 Å². The zero-order valence-electron chi connectivity index (χ0n) is 11.3. The van der Waals surface area contributed by atoms with E-state index in [1.54, 1.807) is 18.2 Å². The molecule has 0 unspecified atom stereocenters. The Morgan fingerprint density at radius 2 is 1.24 bits per heavy atom. The van der Waals surface area contributed by atoms with Crippen molar-refractivity contribution in [2.24, 2.45) is 0 Å². The Morgan fingerprint density at radius 3 is 1.95 bits per heavy atom. The van der Waals surface area contributed by atoms with Gasteiger partial charge in [0.2, 0.25) is 0 Å². The highest BCUT2D eigenvalue weighted by atomic mass is 16.9. The van der Waals surface area contributed by atoms with Crippen molar-refractivity contribution in [3.63, 3.8) is 0 Å². The quantitative estimate of drug-likeness (QED) is 0.650. The second kappa shape index (κ2) is 6.11. The second-order valence-electron chi connectivity index (χ2n) is 4.54. The van der Waals surface area contributed by atoms with Gasteiger partial charge in [0.25, 0.3) is 0 Å². The molecular formula is C18H14NO2-. The molecule has 0 amide bonds. The maximum absolute atomic E-state index is 12.3. The lowest BCUT2D eigenvalue weighted by Gasteiger charge is -2.31. The number of benzene rings is 3. The lowest BCUT2D eigenvalue weighted by molar-refractivity contribution is 0.320. The molecule has 0 heterocycles. The minimum absolute atomic E-state index is 0.479. The van der Waals surface area contributed by atoms with Crippen LogP contribution >= 0.6 is 0 Å². The number of rotatable bonds is 4. The molecule has 3 aromatic rings. The van der Waals surface area contributed by atoms with Crippen LogP contribution in [-0.2, 0) is 0 Å². The molecule has 3 heteroatoms. The Morgan fingerprint density at radius 1 is 0.667 bits per heavy atom. The van der Waals surface area contributed by atoms with Crippen LogP contribution in [0.5, 0.6) is 5.75 Å². The standard InChI is InChI=1S/C18H14NO2/c20-19(21-16-11-5-2-6-12-16)18-14-8-7-13-17(18)15-9-3-1-4-10-15/h1-14H/q-1. The van der Waals surface area contributed by atoms with Crippen LogP contribution in [0.4, 0.5) is 5.69 Å². The van der Waals surface area contributed by atoms with Crippen LogP contribution in [-0.4, -0.2) is 0 Å². The minimum atomic E-state index is 0.479. The number of nitrogens with zero attached hydrogens (tertiary/aromatic N) is 1. The second-order valence-corrected chi connectivity index (χ2v) is 4.54. The Hall–Kier alpha value is -2.78. The molecule has 21 heavy (non-hydrogen) atoms. The van der Waals surface area contributed by atoms with Crippen molar-refractivity contribution in [2.45, 2.75) is 0 Å². The molecule has 104 valence electrons. The van der Waals surface area contributed by atoms with Gasteiger partial charge in [-0.3, -0.25) is 5.23 Å². The third kappa shape index (κ3) is 3.04. The van der Waals surface area contributed by atoms with Crippen LogP contribution in [0.1, 0.15) is 0 Å². The van der Waals surface area contributed by atoms with Crippen molar-refractivity contribution in [1.29, 1.82) is 0 Å². The first-order chi connectivity index (χ1) is 10.3. The molecule has 0 aliphatic rings. The number of para-hydroxylation sites is 2. The molecule has 0 saturated carbocycles. The Bertz CT molecular complexity index is 699. The van der Waals surface area contributed by atoms with Gasteiger partial charge >= 0.3 is 0 Å². The lowest BCUT2D eigenvalue weighted by atomic mass is 10.0. The highest BCUT2D eigenvalue weighted by Crippen LogP contribution is 2.30. The van der Waals surface area contributed by atoms with Gasteiger partial charge in [0, 0.05) is 5.56 Å². The molecule has 0 spiro atoms. The van der Waals surface area contributed by atoms with Gasteiger partial charge in [0.05, 0.1) is 5.69 Å². The van der Waals surface area contributed by atoms with Crippen molar-refractivity contribution in [1.82, 2.24) is 0 Å². The highest BCUT2D eigenvalue weighted by Gasteiger charge is 2.07. The summed E-state index contributed by atoms with van der Waals surface area (Å²) in [6.45, 7) is 0. The molecule has 0 fully saturated rings.